The molecule has 0 radical (unpaired) electrons. The molecule has 3 fully saturated rings. The van der Waals surface area contributed by atoms with Crippen LogP contribution < -0.4 is 0 Å². The molecule has 2 amide bonds. The van der Waals surface area contributed by atoms with Crippen molar-refractivity contribution in [3.8, 4) is 0 Å². The summed E-state index contributed by atoms with van der Waals surface area (Å²) in [5, 5.41) is 9.87. The number of aliphatic hydroxyl groups is 1. The number of hydrogen-bond acceptors (Lipinski definition) is 6. The van der Waals surface area contributed by atoms with E-state index in [1.54, 1.807) is 24.0 Å². The van der Waals surface area contributed by atoms with E-state index in [9.17, 15) is 19.5 Å². The second-order valence-electron chi connectivity index (χ2n) is 9.00. The molecule has 3 heterocycles. The van der Waals surface area contributed by atoms with Crippen LogP contribution in [-0.2, 0) is 23.9 Å². The van der Waals surface area contributed by atoms with E-state index in [1.165, 1.54) is 4.90 Å². The first kappa shape index (κ1) is 24.5. The molecule has 2 unspecified atom stereocenters. The second-order valence-corrected chi connectivity index (χ2v) is 9.00. The van der Waals surface area contributed by atoms with Crippen molar-refractivity contribution in [2.24, 2.45) is 11.8 Å². The SMILES string of the molecule is C=CCCOC(=O)[C@@H]1[C@H]2C(=O)N([C@H](C)CO)C(C(=O)N(CC=C)CCCC)C23CC[C@H]1O3. The third-order valence-electron chi connectivity index (χ3n) is 6.99. The van der Waals surface area contributed by atoms with E-state index >= 15 is 0 Å². The predicted octanol–water partition coefficient (Wildman–Crippen LogP) is 1.68. The first-order chi connectivity index (χ1) is 15.4. The Morgan fingerprint density at radius 2 is 2.16 bits per heavy atom. The summed E-state index contributed by atoms with van der Waals surface area (Å²) in [6.45, 7) is 12.0. The molecular weight excluding hydrogens is 412 g/mol. The molecule has 0 aromatic rings. The van der Waals surface area contributed by atoms with E-state index in [2.05, 4.69) is 20.1 Å². The zero-order valence-electron chi connectivity index (χ0n) is 19.2. The van der Waals surface area contributed by atoms with Crippen LogP contribution in [0.5, 0.6) is 0 Å². The molecule has 0 aromatic heterocycles. The highest BCUT2D eigenvalue weighted by Gasteiger charge is 2.75. The van der Waals surface area contributed by atoms with Crippen LogP contribution >= 0.6 is 0 Å². The van der Waals surface area contributed by atoms with Gasteiger partial charge in [0.15, 0.2) is 0 Å². The minimum atomic E-state index is -1.07. The van der Waals surface area contributed by atoms with E-state index in [-0.39, 0.29) is 25.0 Å². The molecule has 3 saturated heterocycles. The Balaban J connectivity index is 1.97. The second kappa shape index (κ2) is 10.2. The van der Waals surface area contributed by atoms with Gasteiger partial charge in [-0.15, -0.1) is 13.2 Å². The van der Waals surface area contributed by atoms with Gasteiger partial charge >= 0.3 is 5.97 Å². The van der Waals surface area contributed by atoms with Crippen molar-refractivity contribution < 1.29 is 29.0 Å². The van der Waals surface area contributed by atoms with Crippen molar-refractivity contribution in [2.45, 2.75) is 69.7 Å². The normalized spacial score (nSPS) is 31.3. The lowest BCUT2D eigenvalue weighted by atomic mass is 9.70. The highest BCUT2D eigenvalue weighted by molar-refractivity contribution is 5.98. The summed E-state index contributed by atoms with van der Waals surface area (Å²) in [4.78, 5) is 43.6. The Bertz CT molecular complexity index is 755. The van der Waals surface area contributed by atoms with Gasteiger partial charge < -0.3 is 24.4 Å². The van der Waals surface area contributed by atoms with Crippen molar-refractivity contribution in [2.75, 3.05) is 26.3 Å². The molecule has 32 heavy (non-hydrogen) atoms. The predicted molar refractivity (Wildman–Crippen MR) is 118 cm³/mol. The molecule has 178 valence electrons. The topological polar surface area (TPSA) is 96.4 Å². The standard InChI is InChI=1S/C24H36N2O6/c1-5-8-13-25(12-7-3)22(29)20-24-11-10-17(32-24)18(23(30)31-14-9-6-2)19(24)21(28)26(20)16(4)15-27/h6-7,16-20,27H,2-3,5,8-15H2,1,4H3/t16-,17-,18+,19+,20?,24?/m1/s1. The van der Waals surface area contributed by atoms with Crippen molar-refractivity contribution in [1.29, 1.82) is 0 Å². The number of nitrogens with zero attached hydrogens (tertiary/aromatic N) is 2. The fourth-order valence-electron chi connectivity index (χ4n) is 5.51. The lowest BCUT2D eigenvalue weighted by Crippen LogP contribution is -2.58. The molecule has 0 saturated carbocycles. The maximum atomic E-state index is 13.8. The summed E-state index contributed by atoms with van der Waals surface area (Å²) in [6, 6.07) is -1.46. The quantitative estimate of drug-likeness (QED) is 0.277. The zero-order chi connectivity index (χ0) is 23.5. The molecular formula is C24H36N2O6. The fraction of sp³-hybridized carbons (Fsp3) is 0.708. The highest BCUT2D eigenvalue weighted by Crippen LogP contribution is 2.59. The number of aliphatic hydroxyl groups excluding tert-OH is 1. The van der Waals surface area contributed by atoms with Gasteiger partial charge in [0.1, 0.15) is 11.6 Å². The van der Waals surface area contributed by atoms with Crippen molar-refractivity contribution in [1.82, 2.24) is 9.80 Å². The molecule has 1 spiro atoms. The largest absolute Gasteiger partial charge is 0.465 e. The van der Waals surface area contributed by atoms with E-state index < -0.39 is 41.6 Å². The summed E-state index contributed by atoms with van der Waals surface area (Å²) in [6.07, 6.45) is 6.28. The number of carbonyl (C=O) groups excluding carboxylic acids is 3. The van der Waals surface area contributed by atoms with Crippen LogP contribution in [0.2, 0.25) is 0 Å². The molecule has 8 nitrogen and oxygen atoms in total. The average molecular weight is 449 g/mol. The van der Waals surface area contributed by atoms with Crippen LogP contribution in [0.15, 0.2) is 25.3 Å². The number of esters is 1. The van der Waals surface area contributed by atoms with Gasteiger partial charge in [-0.25, -0.2) is 0 Å². The summed E-state index contributed by atoms with van der Waals surface area (Å²) in [7, 11) is 0. The van der Waals surface area contributed by atoms with Gasteiger partial charge in [0, 0.05) is 13.1 Å². The molecule has 3 aliphatic heterocycles. The molecule has 3 aliphatic rings. The van der Waals surface area contributed by atoms with Crippen LogP contribution in [-0.4, -0.2) is 82.8 Å². The molecule has 0 aliphatic carbocycles. The summed E-state index contributed by atoms with van der Waals surface area (Å²) in [5.41, 5.74) is -1.07. The van der Waals surface area contributed by atoms with Crippen LogP contribution in [0.1, 0.15) is 46.0 Å². The van der Waals surface area contributed by atoms with Crippen LogP contribution in [0.3, 0.4) is 0 Å². The van der Waals surface area contributed by atoms with Gasteiger partial charge in [0.05, 0.1) is 37.2 Å². The number of rotatable bonds is 12. The Kier molecular flexibility index (Phi) is 7.77. The maximum absolute atomic E-state index is 13.8. The molecule has 3 rings (SSSR count). The van der Waals surface area contributed by atoms with Crippen LogP contribution in [0.25, 0.3) is 0 Å². The lowest BCUT2D eigenvalue weighted by Gasteiger charge is -2.38. The van der Waals surface area contributed by atoms with Gasteiger partial charge in [-0.1, -0.05) is 25.5 Å². The number of ether oxygens (including phenoxy) is 2. The van der Waals surface area contributed by atoms with Gasteiger partial charge in [0.2, 0.25) is 11.8 Å². The minimum absolute atomic E-state index is 0.197. The smallest absolute Gasteiger partial charge is 0.312 e. The van der Waals surface area contributed by atoms with Crippen LogP contribution in [0, 0.1) is 11.8 Å². The first-order valence-corrected chi connectivity index (χ1v) is 11.7. The maximum Gasteiger partial charge on any atom is 0.312 e. The molecule has 6 atom stereocenters. The Morgan fingerprint density at radius 1 is 1.41 bits per heavy atom. The number of unbranched alkanes of at least 4 members (excludes halogenated alkanes) is 1. The van der Waals surface area contributed by atoms with Crippen molar-refractivity contribution in [3.05, 3.63) is 25.3 Å². The lowest BCUT2D eigenvalue weighted by molar-refractivity contribution is -0.156. The van der Waals surface area contributed by atoms with E-state index in [1.807, 2.05) is 0 Å². The Morgan fingerprint density at radius 3 is 2.78 bits per heavy atom. The van der Waals surface area contributed by atoms with Gasteiger partial charge in [-0.2, -0.15) is 0 Å². The molecule has 0 aromatic carbocycles. The van der Waals surface area contributed by atoms with Gasteiger partial charge in [0.25, 0.3) is 0 Å². The van der Waals surface area contributed by atoms with E-state index in [0.717, 1.165) is 12.8 Å². The van der Waals surface area contributed by atoms with Crippen molar-refractivity contribution in [3.63, 3.8) is 0 Å². The Hall–Kier alpha value is -2.19. The number of fused-ring (bicyclic) bond motifs is 1. The monoisotopic (exact) mass is 448 g/mol. The number of carbonyl (C=O) groups is 3. The molecule has 1 N–H and O–H groups in total. The van der Waals surface area contributed by atoms with E-state index in [4.69, 9.17) is 9.47 Å². The number of likely N-dealkylation sites (tertiary alicyclic amines) is 1. The van der Waals surface area contributed by atoms with E-state index in [0.29, 0.717) is 32.4 Å². The summed E-state index contributed by atoms with van der Waals surface area (Å²) >= 11 is 0. The third kappa shape index (κ3) is 3.99. The fourth-order valence-corrected chi connectivity index (χ4v) is 5.51. The minimum Gasteiger partial charge on any atom is -0.465 e. The number of hydrogen-bond donors (Lipinski definition) is 1. The van der Waals surface area contributed by atoms with Gasteiger partial charge in [-0.3, -0.25) is 14.4 Å². The average Bonchev–Trinajstić information content (AvgIpc) is 3.43. The molecule has 8 heteroatoms. The van der Waals surface area contributed by atoms with Crippen LogP contribution in [0.4, 0.5) is 0 Å². The third-order valence-corrected chi connectivity index (χ3v) is 6.99. The Labute approximate surface area is 190 Å². The van der Waals surface area contributed by atoms with Crippen molar-refractivity contribution >= 4 is 17.8 Å². The highest BCUT2D eigenvalue weighted by atomic mass is 16.6. The summed E-state index contributed by atoms with van der Waals surface area (Å²) < 4.78 is 11.8. The first-order valence-electron chi connectivity index (χ1n) is 11.7. The summed E-state index contributed by atoms with van der Waals surface area (Å²) in [5.74, 6) is -2.51. The molecule has 2 bridgehead atoms. The van der Waals surface area contributed by atoms with Gasteiger partial charge in [-0.05, 0) is 32.6 Å². The zero-order valence-corrected chi connectivity index (χ0v) is 19.2. The number of amides is 2.